The highest BCUT2D eigenvalue weighted by Gasteiger charge is 2.21. The van der Waals surface area contributed by atoms with E-state index in [1.54, 1.807) is 0 Å². The fourth-order valence-corrected chi connectivity index (χ4v) is 1.76. The highest BCUT2D eigenvalue weighted by molar-refractivity contribution is 5.89. The van der Waals surface area contributed by atoms with Gasteiger partial charge in [0.25, 0.3) is 5.69 Å². The summed E-state index contributed by atoms with van der Waals surface area (Å²) in [4.78, 5) is 21.1. The van der Waals surface area contributed by atoms with Crippen LogP contribution in [0.15, 0.2) is 18.2 Å². The van der Waals surface area contributed by atoms with Crippen molar-refractivity contribution in [2.24, 2.45) is 5.92 Å². The summed E-state index contributed by atoms with van der Waals surface area (Å²) < 4.78 is 5.42. The topological polar surface area (TPSA) is 102 Å². The van der Waals surface area contributed by atoms with E-state index in [1.165, 1.54) is 25.0 Å². The van der Waals surface area contributed by atoms with Crippen molar-refractivity contribution in [1.82, 2.24) is 0 Å². The molecule has 0 unspecified atom stereocenters. The fourth-order valence-electron chi connectivity index (χ4n) is 1.76. The van der Waals surface area contributed by atoms with Crippen LogP contribution in [0.4, 0.5) is 11.4 Å². The van der Waals surface area contributed by atoms with E-state index in [1.807, 2.05) is 0 Å². The van der Waals surface area contributed by atoms with Gasteiger partial charge in [0.05, 0.1) is 17.1 Å². The van der Waals surface area contributed by atoms with Crippen LogP contribution in [0.5, 0.6) is 0 Å². The maximum Gasteiger partial charge on any atom is 0.335 e. The number of nitro benzene ring substituents is 1. The van der Waals surface area contributed by atoms with E-state index in [0.29, 0.717) is 24.8 Å². The molecule has 1 aromatic carbocycles. The smallest absolute Gasteiger partial charge is 0.335 e. The van der Waals surface area contributed by atoms with Crippen LogP contribution < -0.4 is 5.32 Å². The number of hydrogen-bond donors (Lipinski definition) is 2. The molecular weight excluding hydrogens is 264 g/mol. The minimum atomic E-state index is -1.19. The maximum atomic E-state index is 10.9. The van der Waals surface area contributed by atoms with Crippen LogP contribution in [0.25, 0.3) is 0 Å². The third-order valence-corrected chi connectivity index (χ3v) is 3.05. The normalized spacial score (nSPS) is 14.0. The second kappa shape index (κ2) is 6.33. The molecule has 1 aliphatic rings. The average molecular weight is 280 g/mol. The molecule has 0 radical (unpaired) electrons. The Morgan fingerprint density at radius 2 is 2.25 bits per heavy atom. The van der Waals surface area contributed by atoms with Crippen molar-refractivity contribution < 1.29 is 19.6 Å². The zero-order valence-electron chi connectivity index (χ0n) is 10.9. The summed E-state index contributed by atoms with van der Waals surface area (Å²) in [6.45, 7) is 1.65. The average Bonchev–Trinajstić information content (AvgIpc) is 3.22. The van der Waals surface area contributed by atoms with Crippen molar-refractivity contribution >= 4 is 17.3 Å². The van der Waals surface area contributed by atoms with Crippen molar-refractivity contribution in [1.29, 1.82) is 0 Å². The van der Waals surface area contributed by atoms with Gasteiger partial charge in [-0.3, -0.25) is 10.1 Å². The molecule has 0 heterocycles. The van der Waals surface area contributed by atoms with Crippen LogP contribution in [0, 0.1) is 16.0 Å². The second-order valence-electron chi connectivity index (χ2n) is 4.74. The number of carboxylic acid groups (broad SMARTS) is 1. The number of carbonyl (C=O) groups is 1. The lowest BCUT2D eigenvalue weighted by Gasteiger charge is -2.08. The Morgan fingerprint density at radius 3 is 2.85 bits per heavy atom. The molecule has 2 rings (SSSR count). The summed E-state index contributed by atoms with van der Waals surface area (Å²) in [5, 5.41) is 22.6. The largest absolute Gasteiger partial charge is 0.478 e. The van der Waals surface area contributed by atoms with E-state index < -0.39 is 10.9 Å². The first-order valence-electron chi connectivity index (χ1n) is 6.41. The zero-order chi connectivity index (χ0) is 14.5. The number of benzene rings is 1. The zero-order valence-corrected chi connectivity index (χ0v) is 10.9. The number of nitrogens with one attached hydrogen (secondary N) is 1. The summed E-state index contributed by atoms with van der Waals surface area (Å²) in [6, 6.07) is 3.79. The Balaban J connectivity index is 1.91. The van der Waals surface area contributed by atoms with Gasteiger partial charge < -0.3 is 15.2 Å². The molecule has 0 bridgehead atoms. The van der Waals surface area contributed by atoms with E-state index in [9.17, 15) is 14.9 Å². The Labute approximate surface area is 115 Å². The van der Waals surface area contributed by atoms with Gasteiger partial charge in [-0.25, -0.2) is 4.79 Å². The van der Waals surface area contributed by atoms with Crippen LogP contribution in [0.3, 0.4) is 0 Å². The minimum Gasteiger partial charge on any atom is -0.478 e. The minimum absolute atomic E-state index is 0.104. The molecule has 0 saturated heterocycles. The molecular formula is C13H16N2O5. The van der Waals surface area contributed by atoms with Gasteiger partial charge in [-0.1, -0.05) is 0 Å². The molecule has 1 aromatic rings. The third-order valence-electron chi connectivity index (χ3n) is 3.05. The number of anilines is 1. The molecule has 20 heavy (non-hydrogen) atoms. The van der Waals surface area contributed by atoms with Crippen molar-refractivity contribution in [3.8, 4) is 0 Å². The molecule has 0 amide bonds. The van der Waals surface area contributed by atoms with Gasteiger partial charge in [-0.15, -0.1) is 0 Å². The Hall–Kier alpha value is -2.15. The Morgan fingerprint density at radius 1 is 1.50 bits per heavy atom. The Kier molecular flexibility index (Phi) is 4.52. The molecule has 1 fully saturated rings. The van der Waals surface area contributed by atoms with Crippen LogP contribution >= 0.6 is 0 Å². The highest BCUT2D eigenvalue weighted by Crippen LogP contribution is 2.29. The van der Waals surface area contributed by atoms with E-state index >= 15 is 0 Å². The Bertz CT molecular complexity index is 513. The summed E-state index contributed by atoms with van der Waals surface area (Å²) in [5.74, 6) is -0.508. The fraction of sp³-hybridized carbons (Fsp3) is 0.462. The lowest BCUT2D eigenvalue weighted by molar-refractivity contribution is -0.384. The number of aromatic carboxylic acids is 1. The van der Waals surface area contributed by atoms with Gasteiger partial charge >= 0.3 is 5.97 Å². The van der Waals surface area contributed by atoms with Gasteiger partial charge in [-0.05, 0) is 30.9 Å². The van der Waals surface area contributed by atoms with Gasteiger partial charge in [0.2, 0.25) is 0 Å². The van der Waals surface area contributed by atoms with Crippen molar-refractivity contribution in [2.75, 3.05) is 25.1 Å². The molecule has 1 saturated carbocycles. The number of hydrogen-bond acceptors (Lipinski definition) is 5. The molecule has 0 atom stereocenters. The number of rotatable bonds is 8. The SMILES string of the molecule is O=C(O)c1ccc(NCCOCC2CC2)c([N+](=O)[O-])c1. The molecule has 108 valence electrons. The number of nitrogens with zero attached hydrogens (tertiary/aromatic N) is 1. The van der Waals surface area contributed by atoms with Gasteiger partial charge in [-0.2, -0.15) is 0 Å². The summed E-state index contributed by atoms with van der Waals surface area (Å²) in [6.07, 6.45) is 2.44. The van der Waals surface area contributed by atoms with E-state index in [4.69, 9.17) is 9.84 Å². The second-order valence-corrected chi connectivity index (χ2v) is 4.74. The monoisotopic (exact) mass is 280 g/mol. The lowest BCUT2D eigenvalue weighted by atomic mass is 10.1. The first-order chi connectivity index (χ1) is 9.58. The molecule has 0 spiro atoms. The third kappa shape index (κ3) is 3.92. The molecule has 2 N–H and O–H groups in total. The van der Waals surface area contributed by atoms with E-state index in [2.05, 4.69) is 5.32 Å². The van der Waals surface area contributed by atoms with Crippen LogP contribution in [0.2, 0.25) is 0 Å². The van der Waals surface area contributed by atoms with Crippen LogP contribution in [-0.4, -0.2) is 35.8 Å². The summed E-state index contributed by atoms with van der Waals surface area (Å²) in [7, 11) is 0. The standard InChI is InChI=1S/C13H16N2O5/c16-13(17)10-3-4-11(12(7-10)15(18)19)14-5-6-20-8-9-1-2-9/h3-4,7,9,14H,1-2,5-6,8H2,(H,16,17). The number of nitro groups is 1. The summed E-state index contributed by atoms with van der Waals surface area (Å²) in [5.41, 5.74) is -0.0469. The first-order valence-corrected chi connectivity index (χ1v) is 6.41. The molecule has 7 heteroatoms. The van der Waals surface area contributed by atoms with Crippen molar-refractivity contribution in [2.45, 2.75) is 12.8 Å². The maximum absolute atomic E-state index is 10.9. The lowest BCUT2D eigenvalue weighted by Crippen LogP contribution is -2.12. The highest BCUT2D eigenvalue weighted by atomic mass is 16.6. The molecule has 0 aliphatic heterocycles. The molecule has 1 aliphatic carbocycles. The van der Waals surface area contributed by atoms with Crippen LogP contribution in [0.1, 0.15) is 23.2 Å². The molecule has 0 aromatic heterocycles. The van der Waals surface area contributed by atoms with E-state index in [0.717, 1.165) is 12.7 Å². The first kappa shape index (κ1) is 14.3. The van der Waals surface area contributed by atoms with Crippen LogP contribution in [-0.2, 0) is 4.74 Å². The van der Waals surface area contributed by atoms with E-state index in [-0.39, 0.29) is 11.3 Å². The predicted octanol–water partition coefficient (Wildman–Crippen LogP) is 2.13. The number of carboxylic acids is 1. The number of ether oxygens (including phenoxy) is 1. The van der Waals surface area contributed by atoms with Gasteiger partial charge in [0.15, 0.2) is 0 Å². The predicted molar refractivity (Wildman–Crippen MR) is 72.1 cm³/mol. The van der Waals surface area contributed by atoms with Crippen molar-refractivity contribution in [3.05, 3.63) is 33.9 Å². The van der Waals surface area contributed by atoms with Crippen molar-refractivity contribution in [3.63, 3.8) is 0 Å². The van der Waals surface area contributed by atoms with Gasteiger partial charge in [0.1, 0.15) is 5.69 Å². The van der Waals surface area contributed by atoms with Gasteiger partial charge in [0, 0.05) is 19.2 Å². The quantitative estimate of drug-likeness (QED) is 0.429. The summed E-state index contributed by atoms with van der Waals surface area (Å²) >= 11 is 0. The molecule has 7 nitrogen and oxygen atoms in total.